The van der Waals surface area contributed by atoms with Crippen molar-refractivity contribution in [2.75, 3.05) is 4.90 Å². The lowest BCUT2D eigenvalue weighted by molar-refractivity contribution is -0.122. The van der Waals surface area contributed by atoms with Gasteiger partial charge in [0.05, 0.1) is 15.7 Å². The minimum Gasteiger partial charge on any atom is -0.486 e. The molecule has 0 aromatic heterocycles. The second kappa shape index (κ2) is 10.1. The summed E-state index contributed by atoms with van der Waals surface area (Å²) in [4.78, 5) is 38.6. The van der Waals surface area contributed by atoms with E-state index in [0.29, 0.717) is 15.6 Å². The van der Waals surface area contributed by atoms with Gasteiger partial charge < -0.3 is 4.74 Å². The molecule has 1 saturated heterocycles. The number of barbiturate groups is 1. The van der Waals surface area contributed by atoms with E-state index in [9.17, 15) is 14.4 Å². The maximum atomic E-state index is 13.0. The van der Waals surface area contributed by atoms with Crippen LogP contribution < -0.4 is 15.0 Å². The molecule has 1 fully saturated rings. The van der Waals surface area contributed by atoms with Crippen LogP contribution in [0, 0.1) is 0 Å². The highest BCUT2D eigenvalue weighted by molar-refractivity contribution is 6.40. The summed E-state index contributed by atoms with van der Waals surface area (Å²) in [6, 6.07) is 15.4. The molecule has 0 saturated carbocycles. The molecular formula is C24H14Cl4N2O4. The first kappa shape index (κ1) is 24.1. The molecule has 1 aliphatic rings. The smallest absolute Gasteiger partial charge is 0.335 e. The summed E-state index contributed by atoms with van der Waals surface area (Å²) in [5.74, 6) is -1.41. The van der Waals surface area contributed by atoms with Crippen LogP contribution in [0.25, 0.3) is 6.08 Å². The van der Waals surface area contributed by atoms with Crippen LogP contribution in [0.4, 0.5) is 10.5 Å². The quantitative estimate of drug-likeness (QED) is 0.297. The number of halogens is 4. The molecular weight excluding hydrogens is 522 g/mol. The van der Waals surface area contributed by atoms with Crippen LogP contribution >= 0.6 is 46.4 Å². The highest BCUT2D eigenvalue weighted by Crippen LogP contribution is 2.36. The van der Waals surface area contributed by atoms with Crippen molar-refractivity contribution in [2.24, 2.45) is 0 Å². The fourth-order valence-corrected chi connectivity index (χ4v) is 4.13. The molecule has 0 unspecified atom stereocenters. The van der Waals surface area contributed by atoms with Gasteiger partial charge in [-0.1, -0.05) is 64.6 Å². The SMILES string of the molecule is O=C1NC(=O)N(c2cccc(Cl)c2)C(=O)/C1=C/c1cc(Cl)c(OCc2ccc(Cl)cc2)c(Cl)c1. The molecule has 0 atom stereocenters. The molecule has 3 aromatic rings. The average Bonchev–Trinajstić information content (AvgIpc) is 2.77. The number of ether oxygens (including phenoxy) is 1. The van der Waals surface area contributed by atoms with Gasteiger partial charge in [0.25, 0.3) is 11.8 Å². The van der Waals surface area contributed by atoms with E-state index in [1.165, 1.54) is 30.3 Å². The van der Waals surface area contributed by atoms with E-state index in [4.69, 9.17) is 51.1 Å². The predicted octanol–water partition coefficient (Wildman–Crippen LogP) is 6.55. The highest BCUT2D eigenvalue weighted by atomic mass is 35.5. The Labute approximate surface area is 214 Å². The number of nitrogens with zero attached hydrogens (tertiary/aromatic N) is 1. The lowest BCUT2D eigenvalue weighted by Crippen LogP contribution is -2.54. The van der Waals surface area contributed by atoms with Gasteiger partial charge in [-0.25, -0.2) is 9.69 Å². The topological polar surface area (TPSA) is 75.7 Å². The lowest BCUT2D eigenvalue weighted by Gasteiger charge is -2.26. The third-order valence-electron chi connectivity index (χ3n) is 4.80. The van der Waals surface area contributed by atoms with Crippen LogP contribution in [-0.2, 0) is 16.2 Å². The number of rotatable bonds is 5. The van der Waals surface area contributed by atoms with Gasteiger partial charge in [-0.2, -0.15) is 0 Å². The van der Waals surface area contributed by atoms with Gasteiger partial charge >= 0.3 is 6.03 Å². The Hall–Kier alpha value is -3.03. The predicted molar refractivity (Wildman–Crippen MR) is 133 cm³/mol. The van der Waals surface area contributed by atoms with E-state index in [1.54, 1.807) is 24.3 Å². The van der Waals surface area contributed by atoms with Crippen molar-refractivity contribution in [1.29, 1.82) is 0 Å². The Morgan fingerprint density at radius 1 is 0.853 bits per heavy atom. The number of hydrogen-bond donors (Lipinski definition) is 1. The lowest BCUT2D eigenvalue weighted by atomic mass is 10.1. The van der Waals surface area contributed by atoms with E-state index in [2.05, 4.69) is 5.32 Å². The molecule has 0 radical (unpaired) electrons. The Morgan fingerprint density at radius 2 is 1.53 bits per heavy atom. The first-order chi connectivity index (χ1) is 16.2. The molecule has 1 aliphatic heterocycles. The van der Waals surface area contributed by atoms with Crippen molar-refractivity contribution in [1.82, 2.24) is 5.32 Å². The molecule has 34 heavy (non-hydrogen) atoms. The van der Waals surface area contributed by atoms with Gasteiger partial charge in [0.2, 0.25) is 0 Å². The maximum absolute atomic E-state index is 13.0. The van der Waals surface area contributed by atoms with Crippen molar-refractivity contribution in [3.8, 4) is 5.75 Å². The largest absolute Gasteiger partial charge is 0.486 e. The van der Waals surface area contributed by atoms with Crippen LogP contribution in [0.2, 0.25) is 20.1 Å². The number of hydrogen-bond acceptors (Lipinski definition) is 4. The molecule has 172 valence electrons. The van der Waals surface area contributed by atoms with Gasteiger partial charge in [-0.05, 0) is 59.7 Å². The van der Waals surface area contributed by atoms with Crippen molar-refractivity contribution in [3.63, 3.8) is 0 Å². The second-order valence-electron chi connectivity index (χ2n) is 7.17. The molecule has 0 spiro atoms. The third-order valence-corrected chi connectivity index (χ3v) is 5.84. The molecule has 4 amide bonds. The van der Waals surface area contributed by atoms with Gasteiger partial charge in [0.15, 0.2) is 5.75 Å². The van der Waals surface area contributed by atoms with Gasteiger partial charge in [-0.3, -0.25) is 14.9 Å². The fourth-order valence-electron chi connectivity index (χ4n) is 3.21. The maximum Gasteiger partial charge on any atom is 0.335 e. The van der Waals surface area contributed by atoms with Crippen LogP contribution in [0.15, 0.2) is 66.2 Å². The summed E-state index contributed by atoms with van der Waals surface area (Å²) in [7, 11) is 0. The normalized spacial score (nSPS) is 15.0. The molecule has 10 heteroatoms. The minimum absolute atomic E-state index is 0.180. The Balaban J connectivity index is 1.60. The second-order valence-corrected chi connectivity index (χ2v) is 8.85. The number of amides is 4. The number of benzene rings is 3. The fraction of sp³-hybridized carbons (Fsp3) is 0.0417. The Bertz CT molecular complexity index is 1320. The number of anilines is 1. The van der Waals surface area contributed by atoms with Gasteiger partial charge in [-0.15, -0.1) is 0 Å². The van der Waals surface area contributed by atoms with Gasteiger partial charge in [0.1, 0.15) is 12.2 Å². The summed E-state index contributed by atoms with van der Waals surface area (Å²) in [6.45, 7) is 0.203. The minimum atomic E-state index is -0.878. The Kier molecular flexibility index (Phi) is 7.14. The zero-order valence-corrected chi connectivity index (χ0v) is 20.2. The Morgan fingerprint density at radius 3 is 2.18 bits per heavy atom. The summed E-state index contributed by atoms with van der Waals surface area (Å²) in [6.07, 6.45) is 1.29. The van der Waals surface area contributed by atoms with Crippen molar-refractivity contribution >= 4 is 76.0 Å². The number of urea groups is 1. The van der Waals surface area contributed by atoms with E-state index in [1.807, 2.05) is 12.1 Å². The molecule has 0 aliphatic carbocycles. The summed E-state index contributed by atoms with van der Waals surface area (Å²) >= 11 is 24.6. The average molecular weight is 536 g/mol. The first-order valence-corrected chi connectivity index (χ1v) is 11.3. The van der Waals surface area contributed by atoms with E-state index in [0.717, 1.165) is 10.5 Å². The van der Waals surface area contributed by atoms with E-state index < -0.39 is 17.8 Å². The van der Waals surface area contributed by atoms with Crippen molar-refractivity contribution < 1.29 is 19.1 Å². The number of carbonyl (C=O) groups excluding carboxylic acids is 3. The van der Waals surface area contributed by atoms with Crippen molar-refractivity contribution in [3.05, 3.63) is 97.5 Å². The van der Waals surface area contributed by atoms with Crippen LogP contribution in [-0.4, -0.2) is 17.8 Å². The van der Waals surface area contributed by atoms with Crippen LogP contribution in [0.1, 0.15) is 11.1 Å². The standard InChI is InChI=1S/C24H14Cl4N2O4/c25-15-6-4-13(5-7-15)12-34-21-19(27)9-14(10-20(21)28)8-18-22(31)29-24(33)30(23(18)32)17-3-1-2-16(26)11-17/h1-11H,12H2,(H,29,31,33)/b18-8+. The zero-order chi connectivity index (χ0) is 24.4. The molecule has 1 N–H and O–H groups in total. The summed E-state index contributed by atoms with van der Waals surface area (Å²) < 4.78 is 5.74. The number of nitrogens with one attached hydrogen (secondary N) is 1. The summed E-state index contributed by atoms with van der Waals surface area (Å²) in [5.41, 5.74) is 1.17. The van der Waals surface area contributed by atoms with E-state index >= 15 is 0 Å². The zero-order valence-electron chi connectivity index (χ0n) is 17.2. The van der Waals surface area contributed by atoms with Crippen LogP contribution in [0.5, 0.6) is 5.75 Å². The van der Waals surface area contributed by atoms with Gasteiger partial charge in [0, 0.05) is 10.0 Å². The van der Waals surface area contributed by atoms with Crippen molar-refractivity contribution in [2.45, 2.75) is 6.61 Å². The molecule has 3 aromatic carbocycles. The number of imide groups is 2. The molecule has 4 rings (SSSR count). The molecule has 6 nitrogen and oxygen atoms in total. The monoisotopic (exact) mass is 534 g/mol. The summed E-state index contributed by atoms with van der Waals surface area (Å²) in [5, 5.41) is 3.44. The molecule has 1 heterocycles. The first-order valence-electron chi connectivity index (χ1n) is 9.76. The highest BCUT2D eigenvalue weighted by Gasteiger charge is 2.37. The van der Waals surface area contributed by atoms with E-state index in [-0.39, 0.29) is 33.7 Å². The molecule has 0 bridgehead atoms. The third kappa shape index (κ3) is 5.21. The number of carbonyl (C=O) groups is 3. The van der Waals surface area contributed by atoms with Crippen LogP contribution in [0.3, 0.4) is 0 Å².